The Hall–Kier alpha value is -2.21. The zero-order valence-corrected chi connectivity index (χ0v) is 15.3. The van der Waals surface area contributed by atoms with Gasteiger partial charge in [0.25, 0.3) is 0 Å². The third kappa shape index (κ3) is 3.51. The van der Waals surface area contributed by atoms with Crippen LogP contribution in [0.1, 0.15) is 40.7 Å². The highest BCUT2D eigenvalue weighted by Crippen LogP contribution is 2.38. The van der Waals surface area contributed by atoms with Crippen LogP contribution in [-0.4, -0.2) is 10.2 Å². The number of fused-ring (bicyclic) bond motifs is 2. The van der Waals surface area contributed by atoms with Gasteiger partial charge >= 0.3 is 6.03 Å². The van der Waals surface area contributed by atoms with Crippen LogP contribution in [0.4, 0.5) is 14.9 Å². The van der Waals surface area contributed by atoms with Crippen molar-refractivity contribution in [2.45, 2.75) is 44.3 Å². The number of anilines is 1. The molecule has 4 nitrogen and oxygen atoms in total. The van der Waals surface area contributed by atoms with Gasteiger partial charge in [-0.25, -0.2) is 13.4 Å². The molecule has 26 heavy (non-hydrogen) atoms. The molecule has 1 atom stereocenters. The van der Waals surface area contributed by atoms with E-state index in [-0.39, 0.29) is 11.6 Å². The topological polar surface area (TPSA) is 58.2 Å². The molecule has 0 heterocycles. The minimum absolute atomic E-state index is 0.151. The first-order valence-corrected chi connectivity index (χ1v) is 10.3. The summed E-state index contributed by atoms with van der Waals surface area (Å²) >= 11 is 0. The Morgan fingerprint density at radius 3 is 2.23 bits per heavy atom. The van der Waals surface area contributed by atoms with Crippen molar-refractivity contribution >= 4 is 22.7 Å². The molecule has 4 rings (SSSR count). The van der Waals surface area contributed by atoms with Gasteiger partial charge in [-0.05, 0) is 78.5 Å². The highest BCUT2D eigenvalue weighted by molar-refractivity contribution is 7.82. The van der Waals surface area contributed by atoms with Gasteiger partial charge in [0.15, 0.2) is 0 Å². The molecule has 0 fully saturated rings. The molecule has 2 aliphatic carbocycles. The predicted octanol–water partition coefficient (Wildman–Crippen LogP) is 3.79. The van der Waals surface area contributed by atoms with Crippen LogP contribution in [0.3, 0.4) is 0 Å². The van der Waals surface area contributed by atoms with Crippen LogP contribution in [-0.2, 0) is 42.4 Å². The van der Waals surface area contributed by atoms with Crippen LogP contribution in [0.15, 0.2) is 30.3 Å². The second kappa shape index (κ2) is 7.19. The van der Waals surface area contributed by atoms with Crippen LogP contribution in [0.2, 0.25) is 0 Å². The molecule has 0 saturated heterocycles. The Bertz CT molecular complexity index is 848. The number of hydrogen-bond donors (Lipinski definition) is 2. The van der Waals surface area contributed by atoms with Crippen molar-refractivity contribution in [3.05, 3.63) is 64.0 Å². The number of carbonyl (C=O) groups excluding carboxylic acids is 1. The van der Waals surface area contributed by atoms with Gasteiger partial charge < -0.3 is 5.32 Å². The first kappa shape index (κ1) is 17.2. The van der Waals surface area contributed by atoms with Gasteiger partial charge in [0.1, 0.15) is 16.8 Å². The molecule has 0 aliphatic heterocycles. The SMILES string of the molecule is O=C(Nc1c2c(cc3c1CCC3)CCC2)NS(=O)Cc1ccc(F)cc1. The molecule has 0 radical (unpaired) electrons. The van der Waals surface area contributed by atoms with Crippen molar-refractivity contribution in [3.63, 3.8) is 0 Å². The molecule has 2 amide bonds. The van der Waals surface area contributed by atoms with Gasteiger partial charge in [0.05, 0.1) is 5.75 Å². The average molecular weight is 372 g/mol. The third-order valence-corrected chi connectivity index (χ3v) is 6.14. The van der Waals surface area contributed by atoms with E-state index in [1.165, 1.54) is 34.4 Å². The summed E-state index contributed by atoms with van der Waals surface area (Å²) in [4.78, 5) is 12.4. The van der Waals surface area contributed by atoms with E-state index in [0.717, 1.165) is 44.2 Å². The Kier molecular flexibility index (Phi) is 4.76. The Morgan fingerprint density at radius 1 is 1.00 bits per heavy atom. The maximum Gasteiger partial charge on any atom is 0.331 e. The minimum Gasteiger partial charge on any atom is -0.307 e. The molecule has 2 N–H and O–H groups in total. The van der Waals surface area contributed by atoms with E-state index in [0.29, 0.717) is 5.56 Å². The van der Waals surface area contributed by atoms with Crippen LogP contribution in [0, 0.1) is 5.82 Å². The number of halogens is 1. The van der Waals surface area contributed by atoms with E-state index in [1.54, 1.807) is 12.1 Å². The van der Waals surface area contributed by atoms with E-state index in [4.69, 9.17) is 0 Å². The Balaban J connectivity index is 1.45. The molecule has 0 saturated carbocycles. The fourth-order valence-electron chi connectivity index (χ4n) is 3.98. The summed E-state index contributed by atoms with van der Waals surface area (Å²) in [5.74, 6) is -0.185. The molecule has 0 bridgehead atoms. The van der Waals surface area contributed by atoms with E-state index >= 15 is 0 Å². The summed E-state index contributed by atoms with van der Waals surface area (Å²) in [6.07, 6.45) is 6.33. The molecular weight excluding hydrogens is 351 g/mol. The number of nitrogens with one attached hydrogen (secondary N) is 2. The molecular formula is C20H21FN2O2S. The maximum atomic E-state index is 12.9. The minimum atomic E-state index is -1.56. The first-order chi connectivity index (χ1) is 12.6. The molecule has 136 valence electrons. The van der Waals surface area contributed by atoms with E-state index in [2.05, 4.69) is 16.1 Å². The molecule has 2 aliphatic rings. The molecule has 6 heteroatoms. The van der Waals surface area contributed by atoms with Gasteiger partial charge in [0.2, 0.25) is 0 Å². The normalized spacial score (nSPS) is 16.0. The number of urea groups is 1. The number of carbonyl (C=O) groups is 1. The Labute approximate surface area is 154 Å². The van der Waals surface area contributed by atoms with E-state index in [1.807, 2.05) is 0 Å². The third-order valence-electron chi connectivity index (χ3n) is 5.13. The second-order valence-corrected chi connectivity index (χ2v) is 8.09. The fraction of sp³-hybridized carbons (Fsp3) is 0.350. The summed E-state index contributed by atoms with van der Waals surface area (Å²) in [6, 6.07) is 7.65. The highest BCUT2D eigenvalue weighted by Gasteiger charge is 2.25. The number of amides is 2. The summed E-state index contributed by atoms with van der Waals surface area (Å²) in [5, 5.41) is 2.97. The highest BCUT2D eigenvalue weighted by atomic mass is 32.2. The van der Waals surface area contributed by atoms with E-state index < -0.39 is 17.0 Å². The number of benzene rings is 2. The lowest BCUT2D eigenvalue weighted by Crippen LogP contribution is -2.32. The molecule has 1 unspecified atom stereocenters. The zero-order chi connectivity index (χ0) is 18.1. The summed E-state index contributed by atoms with van der Waals surface area (Å²) in [7, 11) is -1.56. The van der Waals surface area contributed by atoms with Crippen LogP contribution in [0.5, 0.6) is 0 Å². The smallest absolute Gasteiger partial charge is 0.307 e. The van der Waals surface area contributed by atoms with Gasteiger partial charge in [-0.15, -0.1) is 0 Å². The first-order valence-electron chi connectivity index (χ1n) is 8.97. The van der Waals surface area contributed by atoms with Crippen molar-refractivity contribution < 1.29 is 13.4 Å². The van der Waals surface area contributed by atoms with Crippen molar-refractivity contribution in [2.24, 2.45) is 0 Å². The van der Waals surface area contributed by atoms with Crippen LogP contribution in [0.25, 0.3) is 0 Å². The molecule has 0 spiro atoms. The van der Waals surface area contributed by atoms with Crippen molar-refractivity contribution in [1.29, 1.82) is 0 Å². The van der Waals surface area contributed by atoms with Crippen molar-refractivity contribution in [2.75, 3.05) is 5.32 Å². The van der Waals surface area contributed by atoms with Crippen molar-refractivity contribution in [1.82, 2.24) is 4.72 Å². The molecule has 2 aromatic carbocycles. The van der Waals surface area contributed by atoms with E-state index in [9.17, 15) is 13.4 Å². The number of hydrogen-bond acceptors (Lipinski definition) is 2. The Morgan fingerprint density at radius 2 is 1.62 bits per heavy atom. The summed E-state index contributed by atoms with van der Waals surface area (Å²) in [6.45, 7) is 0. The van der Waals surface area contributed by atoms with Crippen LogP contribution < -0.4 is 10.0 Å². The summed E-state index contributed by atoms with van der Waals surface area (Å²) < 4.78 is 27.7. The van der Waals surface area contributed by atoms with Gasteiger partial charge in [-0.2, -0.15) is 0 Å². The number of aryl methyl sites for hydroxylation is 2. The fourth-order valence-corrected chi connectivity index (χ4v) is 4.80. The van der Waals surface area contributed by atoms with Gasteiger partial charge in [-0.1, -0.05) is 18.2 Å². The lowest BCUT2D eigenvalue weighted by atomic mass is 9.99. The lowest BCUT2D eigenvalue weighted by molar-refractivity contribution is 0.257. The molecule has 0 aromatic heterocycles. The molecule has 2 aromatic rings. The van der Waals surface area contributed by atoms with Crippen LogP contribution >= 0.6 is 0 Å². The summed E-state index contributed by atoms with van der Waals surface area (Å²) in [5.41, 5.74) is 6.81. The predicted molar refractivity (Wildman–Crippen MR) is 101 cm³/mol. The van der Waals surface area contributed by atoms with Gasteiger partial charge in [-0.3, -0.25) is 4.72 Å². The number of rotatable bonds is 4. The maximum absolute atomic E-state index is 12.9. The average Bonchev–Trinajstić information content (AvgIpc) is 3.25. The second-order valence-electron chi connectivity index (χ2n) is 6.91. The monoisotopic (exact) mass is 372 g/mol. The standard InChI is InChI=1S/C20H21FN2O2S/c21-16-9-7-13(8-10-16)12-26(25)23-20(24)22-19-17-5-1-3-14(17)11-15-4-2-6-18(15)19/h7-11H,1-6,12H2,(H2,22,23,24). The lowest BCUT2D eigenvalue weighted by Gasteiger charge is -2.16. The van der Waals surface area contributed by atoms with Gasteiger partial charge in [0, 0.05) is 5.69 Å². The zero-order valence-electron chi connectivity index (χ0n) is 14.4. The quantitative estimate of drug-likeness (QED) is 0.858. The van der Waals surface area contributed by atoms with Crippen molar-refractivity contribution in [3.8, 4) is 0 Å². The largest absolute Gasteiger partial charge is 0.331 e.